The van der Waals surface area contributed by atoms with Crippen molar-refractivity contribution in [1.82, 2.24) is 4.57 Å². The van der Waals surface area contributed by atoms with Gasteiger partial charge >= 0.3 is 167 Å². The Morgan fingerprint density at radius 3 is 2.04 bits per heavy atom. The van der Waals surface area contributed by atoms with E-state index in [9.17, 15) is 9.59 Å². The summed E-state index contributed by atoms with van der Waals surface area (Å²) in [5, 5.41) is 0. The van der Waals surface area contributed by atoms with Crippen molar-refractivity contribution in [2.75, 3.05) is 21.3 Å². The third kappa shape index (κ3) is 4.24. The molecule has 7 nitrogen and oxygen atoms in total. The van der Waals surface area contributed by atoms with Crippen LogP contribution in [0.5, 0.6) is 11.5 Å². The van der Waals surface area contributed by atoms with E-state index in [-0.39, 0.29) is 5.56 Å². The molecular formula is C20H18N2O5Se. The summed E-state index contributed by atoms with van der Waals surface area (Å²) in [6.45, 7) is 0. The molecule has 0 amide bonds. The summed E-state index contributed by atoms with van der Waals surface area (Å²) >= 11 is -0.513. The number of ether oxygens (including phenoxy) is 3. The van der Waals surface area contributed by atoms with Gasteiger partial charge in [-0.2, -0.15) is 0 Å². The van der Waals surface area contributed by atoms with E-state index in [0.717, 1.165) is 0 Å². The van der Waals surface area contributed by atoms with Gasteiger partial charge in [0.15, 0.2) is 0 Å². The fraction of sp³-hybridized carbons (Fsp3) is 0.150. The van der Waals surface area contributed by atoms with Crippen LogP contribution in [-0.2, 0) is 4.74 Å². The van der Waals surface area contributed by atoms with Crippen LogP contribution in [0.15, 0.2) is 64.4 Å². The average molecular weight is 445 g/mol. The molecule has 0 saturated carbocycles. The van der Waals surface area contributed by atoms with Crippen molar-refractivity contribution in [3.63, 3.8) is 0 Å². The molecule has 28 heavy (non-hydrogen) atoms. The summed E-state index contributed by atoms with van der Waals surface area (Å²) in [5.41, 5.74) is 0.932. The second-order valence-electron chi connectivity index (χ2n) is 5.57. The van der Waals surface area contributed by atoms with E-state index in [0.29, 0.717) is 31.7 Å². The van der Waals surface area contributed by atoms with Gasteiger partial charge in [0.05, 0.1) is 0 Å². The van der Waals surface area contributed by atoms with Gasteiger partial charge in [0.1, 0.15) is 0 Å². The third-order valence-corrected chi connectivity index (χ3v) is 5.90. The number of esters is 1. The Bertz CT molecular complexity index is 1100. The van der Waals surface area contributed by atoms with Crippen LogP contribution in [0.1, 0.15) is 9.23 Å². The maximum absolute atomic E-state index is 12.8. The molecular weight excluding hydrogens is 427 g/mol. The molecule has 0 fully saturated rings. The molecule has 0 radical (unpaired) electrons. The molecule has 0 atom stereocenters. The zero-order chi connectivity index (χ0) is 20.1. The van der Waals surface area contributed by atoms with Crippen molar-refractivity contribution in [3.05, 3.63) is 73.8 Å². The number of hydrogen-bond donors (Lipinski definition) is 0. The SMILES string of the molecule is COC(=O)c1cc(=O)n(-c2ccc(OC)cc2)c(=Nc2ccc(OC)cc2)[se]1. The zero-order valence-corrected chi connectivity index (χ0v) is 17.3. The molecule has 0 aliphatic carbocycles. The van der Waals surface area contributed by atoms with Gasteiger partial charge in [-0.15, -0.1) is 0 Å². The first-order chi connectivity index (χ1) is 13.5. The Morgan fingerprint density at radius 1 is 0.929 bits per heavy atom. The predicted octanol–water partition coefficient (Wildman–Crippen LogP) is 1.93. The number of hydrogen-bond acceptors (Lipinski definition) is 6. The van der Waals surface area contributed by atoms with Crippen LogP contribution in [0.25, 0.3) is 5.69 Å². The first-order valence-corrected chi connectivity index (χ1v) is 9.95. The van der Waals surface area contributed by atoms with Crippen molar-refractivity contribution < 1.29 is 19.0 Å². The Labute approximate surface area is 167 Å². The van der Waals surface area contributed by atoms with Gasteiger partial charge in [-0.3, -0.25) is 0 Å². The summed E-state index contributed by atoms with van der Waals surface area (Å²) < 4.78 is 17.4. The maximum atomic E-state index is 12.8. The molecule has 0 aliphatic rings. The Balaban J connectivity index is 2.23. The summed E-state index contributed by atoms with van der Waals surface area (Å²) in [6.07, 6.45) is 0. The first-order valence-electron chi connectivity index (χ1n) is 8.24. The van der Waals surface area contributed by atoms with Crippen LogP contribution in [0, 0.1) is 0 Å². The van der Waals surface area contributed by atoms with Crippen LogP contribution in [-0.4, -0.2) is 46.4 Å². The topological polar surface area (TPSA) is 79.1 Å². The van der Waals surface area contributed by atoms with E-state index in [2.05, 4.69) is 4.99 Å². The normalized spacial score (nSPS) is 11.2. The van der Waals surface area contributed by atoms with Gasteiger partial charge in [-0.25, -0.2) is 0 Å². The number of carbonyl (C=O) groups is 1. The van der Waals surface area contributed by atoms with Crippen molar-refractivity contribution in [3.8, 4) is 17.2 Å². The summed E-state index contributed by atoms with van der Waals surface area (Å²) in [4.78, 5) is 29.4. The van der Waals surface area contributed by atoms with Crippen LogP contribution >= 0.6 is 0 Å². The number of benzene rings is 2. The quantitative estimate of drug-likeness (QED) is 0.443. The Kier molecular flexibility index (Phi) is 6.13. The number of methoxy groups -OCH3 is 3. The molecule has 0 N–H and O–H groups in total. The van der Waals surface area contributed by atoms with Gasteiger partial charge in [-0.1, -0.05) is 0 Å². The number of aromatic nitrogens is 1. The average Bonchev–Trinajstić information content (AvgIpc) is 2.73. The molecule has 144 valence electrons. The van der Waals surface area contributed by atoms with Crippen LogP contribution < -0.4 is 19.4 Å². The first kappa shape index (κ1) is 19.7. The fourth-order valence-electron chi connectivity index (χ4n) is 2.45. The van der Waals surface area contributed by atoms with E-state index < -0.39 is 20.5 Å². The molecule has 3 aromatic rings. The van der Waals surface area contributed by atoms with E-state index in [1.807, 2.05) is 0 Å². The molecule has 2 aromatic carbocycles. The van der Waals surface area contributed by atoms with Crippen molar-refractivity contribution in [2.45, 2.75) is 0 Å². The number of rotatable bonds is 5. The molecule has 0 unspecified atom stereocenters. The molecule has 1 aromatic heterocycles. The molecule has 0 spiro atoms. The predicted molar refractivity (Wildman–Crippen MR) is 105 cm³/mol. The van der Waals surface area contributed by atoms with E-state index >= 15 is 0 Å². The standard InChI is InChI=1S/C20H18N2O5Se/c1-25-15-8-4-13(5-9-15)21-20-22(14-6-10-16(26-2)11-7-14)18(23)12-17(28-20)19(24)27-3/h4-12H,1-3H3. The van der Waals surface area contributed by atoms with Gasteiger partial charge in [0.25, 0.3) is 0 Å². The molecule has 8 heteroatoms. The van der Waals surface area contributed by atoms with Crippen molar-refractivity contribution >= 4 is 26.2 Å². The molecule has 1 heterocycles. The molecule has 0 saturated heterocycles. The van der Waals surface area contributed by atoms with Gasteiger partial charge in [0, 0.05) is 0 Å². The Hall–Kier alpha value is -3.09. The second kappa shape index (κ2) is 8.73. The van der Waals surface area contributed by atoms with E-state index in [1.165, 1.54) is 17.7 Å². The third-order valence-electron chi connectivity index (χ3n) is 3.88. The summed E-state index contributed by atoms with van der Waals surface area (Å²) in [5.74, 6) is 0.861. The van der Waals surface area contributed by atoms with Gasteiger partial charge in [0.2, 0.25) is 0 Å². The van der Waals surface area contributed by atoms with Crippen LogP contribution in [0.4, 0.5) is 5.69 Å². The molecule has 3 rings (SSSR count). The van der Waals surface area contributed by atoms with Crippen molar-refractivity contribution in [1.29, 1.82) is 0 Å². The second-order valence-corrected chi connectivity index (χ2v) is 7.68. The van der Waals surface area contributed by atoms with Gasteiger partial charge in [-0.05, 0) is 0 Å². The monoisotopic (exact) mass is 446 g/mol. The van der Waals surface area contributed by atoms with Crippen LogP contribution in [0.3, 0.4) is 0 Å². The Morgan fingerprint density at radius 2 is 1.50 bits per heavy atom. The summed E-state index contributed by atoms with van der Waals surface area (Å²) in [6, 6.07) is 15.5. The zero-order valence-electron chi connectivity index (χ0n) is 15.5. The van der Waals surface area contributed by atoms with Crippen LogP contribution in [0.2, 0.25) is 0 Å². The molecule has 0 bridgehead atoms. The van der Waals surface area contributed by atoms with E-state index in [4.69, 9.17) is 14.2 Å². The minimum atomic E-state index is -0.523. The van der Waals surface area contributed by atoms with Crippen molar-refractivity contribution in [2.24, 2.45) is 4.99 Å². The van der Waals surface area contributed by atoms with E-state index in [1.54, 1.807) is 62.8 Å². The number of nitrogens with zero attached hydrogens (tertiary/aromatic N) is 2. The van der Waals surface area contributed by atoms with Gasteiger partial charge < -0.3 is 0 Å². The minimum absolute atomic E-state index is 0.317. The summed E-state index contributed by atoms with van der Waals surface area (Å²) in [7, 11) is 4.45. The molecule has 0 aliphatic heterocycles. The fourth-order valence-corrected chi connectivity index (χ4v) is 4.47. The number of carbonyl (C=O) groups excluding carboxylic acids is 1.